The Kier molecular flexibility index (Phi) is 4.47. The maximum Gasteiger partial charge on any atom is 0.263 e. The van der Waals surface area contributed by atoms with Crippen molar-refractivity contribution < 1.29 is 17.9 Å². The second kappa shape index (κ2) is 6.87. The standard InChI is InChI=1S/C20H24N6O4S/c1-13-7-21-19-25(10-14-8-22-24(3)9-14)18(27)16-6-15(4-5-17(16)26(13)19)31(28,29)23-20(2)11-30-12-20/h4-6,8-9,13,23H,7,10-12H2,1-3H3/t13-/m1/s1. The maximum atomic E-state index is 13.5. The second-order valence-corrected chi connectivity index (χ2v) is 10.3. The van der Waals surface area contributed by atoms with Gasteiger partial charge in [0, 0.05) is 18.8 Å². The molecule has 31 heavy (non-hydrogen) atoms. The minimum Gasteiger partial charge on any atom is -0.377 e. The number of hydrogen-bond acceptors (Lipinski definition) is 7. The molecule has 1 fully saturated rings. The molecule has 0 aliphatic carbocycles. The molecule has 5 rings (SSSR count). The summed E-state index contributed by atoms with van der Waals surface area (Å²) in [6.07, 6.45) is 3.55. The van der Waals surface area contributed by atoms with Crippen LogP contribution >= 0.6 is 0 Å². The molecule has 1 aromatic heterocycles. The molecular formula is C20H24N6O4S. The van der Waals surface area contributed by atoms with Crippen LogP contribution in [0.1, 0.15) is 29.8 Å². The van der Waals surface area contributed by atoms with E-state index in [1.165, 1.54) is 12.1 Å². The fraction of sp³-hybridized carbons (Fsp3) is 0.450. The normalized spacial score (nSPS) is 22.1. The second-order valence-electron chi connectivity index (χ2n) is 8.61. The lowest BCUT2D eigenvalue weighted by atomic mass is 10.0. The van der Waals surface area contributed by atoms with Gasteiger partial charge in [0.25, 0.3) is 5.91 Å². The van der Waals surface area contributed by atoms with Crippen LogP contribution in [-0.2, 0) is 28.4 Å². The number of aliphatic imine (C=N–C) groups is 1. The molecule has 3 aliphatic rings. The molecular weight excluding hydrogens is 420 g/mol. The number of aromatic nitrogens is 2. The van der Waals surface area contributed by atoms with Gasteiger partial charge in [-0.15, -0.1) is 0 Å². The lowest BCUT2D eigenvalue weighted by Gasteiger charge is -2.39. The van der Waals surface area contributed by atoms with Crippen molar-refractivity contribution in [3.8, 4) is 0 Å². The summed E-state index contributed by atoms with van der Waals surface area (Å²) in [5.74, 6) is 0.305. The summed E-state index contributed by atoms with van der Waals surface area (Å²) >= 11 is 0. The van der Waals surface area contributed by atoms with E-state index in [9.17, 15) is 13.2 Å². The van der Waals surface area contributed by atoms with E-state index in [0.717, 1.165) is 5.56 Å². The van der Waals surface area contributed by atoms with Crippen molar-refractivity contribution >= 4 is 27.6 Å². The van der Waals surface area contributed by atoms with Gasteiger partial charge in [0.15, 0.2) is 0 Å². The van der Waals surface area contributed by atoms with E-state index >= 15 is 0 Å². The molecule has 1 amide bonds. The zero-order valence-corrected chi connectivity index (χ0v) is 18.4. The van der Waals surface area contributed by atoms with E-state index in [2.05, 4.69) is 14.8 Å². The van der Waals surface area contributed by atoms with E-state index < -0.39 is 15.6 Å². The van der Waals surface area contributed by atoms with Crippen molar-refractivity contribution in [3.05, 3.63) is 41.7 Å². The van der Waals surface area contributed by atoms with Gasteiger partial charge in [-0.2, -0.15) is 5.10 Å². The number of aryl methyl sites for hydroxylation is 1. The van der Waals surface area contributed by atoms with E-state index in [1.807, 2.05) is 25.1 Å². The number of nitrogens with zero attached hydrogens (tertiary/aromatic N) is 5. The molecule has 10 nitrogen and oxygen atoms in total. The largest absolute Gasteiger partial charge is 0.377 e. The number of ether oxygens (including phenoxy) is 1. The number of carbonyl (C=O) groups excluding carboxylic acids is 1. The van der Waals surface area contributed by atoms with Crippen LogP contribution in [-0.4, -0.2) is 66.3 Å². The van der Waals surface area contributed by atoms with Gasteiger partial charge in [0.05, 0.1) is 60.2 Å². The van der Waals surface area contributed by atoms with Crippen LogP contribution in [0.25, 0.3) is 0 Å². The minimum absolute atomic E-state index is 0.0568. The number of rotatable bonds is 5. The third-order valence-corrected chi connectivity index (χ3v) is 7.37. The average molecular weight is 445 g/mol. The van der Waals surface area contributed by atoms with Crippen molar-refractivity contribution in [2.75, 3.05) is 24.7 Å². The van der Waals surface area contributed by atoms with Crippen molar-refractivity contribution in [3.63, 3.8) is 0 Å². The predicted molar refractivity (Wildman–Crippen MR) is 113 cm³/mol. The number of amides is 1. The number of sulfonamides is 1. The Balaban J connectivity index is 1.54. The molecule has 1 aromatic carbocycles. The molecule has 4 heterocycles. The molecule has 0 radical (unpaired) electrons. The first-order valence-electron chi connectivity index (χ1n) is 10.1. The number of benzene rings is 1. The van der Waals surface area contributed by atoms with Crippen molar-refractivity contribution in [2.24, 2.45) is 12.0 Å². The van der Waals surface area contributed by atoms with Gasteiger partial charge in [0.2, 0.25) is 16.0 Å². The average Bonchev–Trinajstić information content (AvgIpc) is 3.28. The molecule has 0 bridgehead atoms. The molecule has 1 N–H and O–H groups in total. The summed E-state index contributed by atoms with van der Waals surface area (Å²) in [4.78, 5) is 21.7. The number of guanidine groups is 1. The van der Waals surface area contributed by atoms with Gasteiger partial charge >= 0.3 is 0 Å². The quantitative estimate of drug-likeness (QED) is 0.728. The number of anilines is 1. The first-order chi connectivity index (χ1) is 14.7. The summed E-state index contributed by atoms with van der Waals surface area (Å²) in [7, 11) is -1.99. The van der Waals surface area contributed by atoms with Crippen LogP contribution in [0, 0.1) is 0 Å². The molecule has 1 atom stereocenters. The van der Waals surface area contributed by atoms with Crippen LogP contribution in [0.2, 0.25) is 0 Å². The molecule has 164 valence electrons. The number of carbonyl (C=O) groups is 1. The van der Waals surface area contributed by atoms with Crippen molar-refractivity contribution in [1.82, 2.24) is 19.4 Å². The molecule has 0 spiro atoms. The monoisotopic (exact) mass is 444 g/mol. The summed E-state index contributed by atoms with van der Waals surface area (Å²) in [5, 5.41) is 4.17. The van der Waals surface area contributed by atoms with Crippen molar-refractivity contribution in [2.45, 2.75) is 36.9 Å². The topological polar surface area (TPSA) is 109 Å². The fourth-order valence-electron chi connectivity index (χ4n) is 4.16. The van der Waals surface area contributed by atoms with Crippen LogP contribution in [0.4, 0.5) is 5.69 Å². The fourth-order valence-corrected chi connectivity index (χ4v) is 5.56. The van der Waals surface area contributed by atoms with Crippen LogP contribution in [0.15, 0.2) is 40.5 Å². The highest BCUT2D eigenvalue weighted by atomic mass is 32.2. The highest BCUT2D eigenvalue weighted by Gasteiger charge is 2.42. The number of nitrogens with one attached hydrogen (secondary N) is 1. The van der Waals surface area contributed by atoms with Gasteiger partial charge in [-0.25, -0.2) is 13.1 Å². The first kappa shape index (κ1) is 20.2. The molecule has 0 saturated carbocycles. The summed E-state index contributed by atoms with van der Waals surface area (Å²) in [6, 6.07) is 4.75. The van der Waals surface area contributed by atoms with Gasteiger partial charge < -0.3 is 9.64 Å². The SMILES string of the molecule is C[C@@H]1CN=C2N(Cc3cnn(C)c3)C(=O)c3cc(S(=O)(=O)NC4(C)COC4)ccc3N21. The maximum absolute atomic E-state index is 13.5. The van der Waals surface area contributed by atoms with Gasteiger partial charge in [-0.1, -0.05) is 0 Å². The molecule has 11 heteroatoms. The molecule has 0 unspecified atom stereocenters. The molecule has 2 aromatic rings. The molecule has 3 aliphatic heterocycles. The van der Waals surface area contributed by atoms with Gasteiger partial charge in [0.1, 0.15) is 0 Å². The van der Waals surface area contributed by atoms with E-state index in [4.69, 9.17) is 4.74 Å². The Hall–Kier alpha value is -2.76. The van der Waals surface area contributed by atoms with Crippen molar-refractivity contribution in [1.29, 1.82) is 0 Å². The van der Waals surface area contributed by atoms with Gasteiger partial charge in [-0.05, 0) is 32.0 Å². The van der Waals surface area contributed by atoms with Crippen LogP contribution in [0.3, 0.4) is 0 Å². The third-order valence-electron chi connectivity index (χ3n) is 5.73. The molecule has 1 saturated heterocycles. The third kappa shape index (κ3) is 3.33. The Bertz CT molecular complexity index is 1200. The summed E-state index contributed by atoms with van der Waals surface area (Å²) in [5.41, 5.74) is 1.25. The van der Waals surface area contributed by atoms with E-state index in [0.29, 0.717) is 43.5 Å². The van der Waals surface area contributed by atoms with E-state index in [-0.39, 0.29) is 16.8 Å². The highest BCUT2D eigenvalue weighted by Crippen LogP contribution is 2.35. The number of hydrogen-bond donors (Lipinski definition) is 1. The smallest absolute Gasteiger partial charge is 0.263 e. The predicted octanol–water partition coefficient (Wildman–Crippen LogP) is 0.708. The zero-order chi connectivity index (χ0) is 22.0. The zero-order valence-electron chi connectivity index (χ0n) is 17.6. The van der Waals surface area contributed by atoms with Gasteiger partial charge in [-0.3, -0.25) is 19.4 Å². The first-order valence-corrected chi connectivity index (χ1v) is 11.5. The lowest BCUT2D eigenvalue weighted by Crippen LogP contribution is -2.59. The van der Waals surface area contributed by atoms with Crippen LogP contribution in [0.5, 0.6) is 0 Å². The Labute approximate surface area is 180 Å². The summed E-state index contributed by atoms with van der Waals surface area (Å²) < 4.78 is 35.4. The van der Waals surface area contributed by atoms with E-state index in [1.54, 1.807) is 28.8 Å². The Morgan fingerprint density at radius 3 is 2.74 bits per heavy atom. The Morgan fingerprint density at radius 1 is 1.32 bits per heavy atom. The Morgan fingerprint density at radius 2 is 2.10 bits per heavy atom. The highest BCUT2D eigenvalue weighted by molar-refractivity contribution is 7.89. The minimum atomic E-state index is -3.81. The van der Waals surface area contributed by atoms with Crippen LogP contribution < -0.4 is 9.62 Å². The summed E-state index contributed by atoms with van der Waals surface area (Å²) in [6.45, 7) is 5.33. The number of fused-ring (bicyclic) bond motifs is 3. The lowest BCUT2D eigenvalue weighted by molar-refractivity contribution is -0.0523.